The van der Waals surface area contributed by atoms with Crippen molar-refractivity contribution in [3.05, 3.63) is 0 Å². The summed E-state index contributed by atoms with van der Waals surface area (Å²) in [5.74, 6) is 0.786. The molecule has 0 aromatic carbocycles. The van der Waals surface area contributed by atoms with Crippen molar-refractivity contribution in [1.29, 1.82) is 0 Å². The molecule has 0 rings (SSSR count). The van der Waals surface area contributed by atoms with Crippen LogP contribution in [-0.4, -0.2) is 12.7 Å². The van der Waals surface area contributed by atoms with Gasteiger partial charge in [0.15, 0.2) is 0 Å². The molecule has 0 saturated heterocycles. The fourth-order valence-electron chi connectivity index (χ4n) is 1.33. The molecule has 104 valence electrons. The molecule has 0 aliphatic carbocycles. The van der Waals surface area contributed by atoms with Gasteiger partial charge < -0.3 is 24.5 Å². The normalized spacial score (nSPS) is 14.3. The number of hydrogen-bond donors (Lipinski definition) is 0. The van der Waals surface area contributed by atoms with Crippen molar-refractivity contribution in [3.63, 3.8) is 0 Å². The molecule has 0 bridgehead atoms. The van der Waals surface area contributed by atoms with E-state index in [1.54, 1.807) is 0 Å². The van der Waals surface area contributed by atoms with Crippen molar-refractivity contribution in [2.45, 2.75) is 65.9 Å². The van der Waals surface area contributed by atoms with Gasteiger partial charge in [-0.25, -0.2) is 4.52 Å². The fraction of sp³-hybridized carbons (Fsp3) is 1.00. The van der Waals surface area contributed by atoms with Crippen LogP contribution in [0.2, 0.25) is 0 Å². The lowest BCUT2D eigenvalue weighted by Gasteiger charge is -2.36. The Bertz CT molecular complexity index is 189. The quantitative estimate of drug-likeness (QED) is 0.327. The van der Waals surface area contributed by atoms with E-state index < -0.39 is 6.12 Å². The Morgan fingerprint density at radius 2 is 1.71 bits per heavy atom. The molecule has 0 fully saturated rings. The lowest BCUT2D eigenvalue weighted by Crippen LogP contribution is -2.08. The third-order valence-electron chi connectivity index (χ3n) is 2.56. The second kappa shape index (κ2) is 9.91. The minimum atomic E-state index is -2.42. The first-order valence-electron chi connectivity index (χ1n) is 6.51. The number of unbranched alkanes of at least 4 members (excludes halogenated alkanes) is 2. The highest BCUT2D eigenvalue weighted by atomic mass is 33.1. The van der Waals surface area contributed by atoms with Crippen LogP contribution in [-0.2, 0) is 33.5 Å². The third kappa shape index (κ3) is 11.9. The van der Waals surface area contributed by atoms with Gasteiger partial charge in [-0.1, -0.05) is 40.0 Å². The molecule has 1 unspecified atom stereocenters. The Hall–Kier alpha value is 1.05. The average Bonchev–Trinajstić information content (AvgIpc) is 2.22. The monoisotopic (exact) mass is 297 g/mol. The van der Waals surface area contributed by atoms with Gasteiger partial charge >= 0.3 is 0 Å². The fourth-order valence-corrected chi connectivity index (χ4v) is 3.67. The van der Waals surface area contributed by atoms with Crippen molar-refractivity contribution < 1.29 is 9.05 Å². The van der Waals surface area contributed by atoms with Crippen LogP contribution in [0, 0.1) is 5.92 Å². The van der Waals surface area contributed by atoms with Gasteiger partial charge in [-0.2, -0.15) is 0 Å². The van der Waals surface area contributed by atoms with Crippen molar-refractivity contribution >= 4 is 30.6 Å². The molecule has 0 amide bonds. The zero-order valence-corrected chi connectivity index (χ0v) is 14.0. The predicted molar refractivity (Wildman–Crippen MR) is 81.7 cm³/mol. The minimum Gasteiger partial charge on any atom is -0.516 e. The van der Waals surface area contributed by atoms with Gasteiger partial charge in [0.1, 0.15) is 0 Å². The van der Waals surface area contributed by atoms with Gasteiger partial charge in [0.2, 0.25) is 0 Å². The van der Waals surface area contributed by atoms with E-state index >= 15 is 0 Å². The zero-order valence-electron chi connectivity index (χ0n) is 11.5. The van der Waals surface area contributed by atoms with Gasteiger partial charge in [0.25, 0.3) is 0 Å². The van der Waals surface area contributed by atoms with E-state index in [2.05, 4.69) is 20.8 Å². The highest BCUT2D eigenvalue weighted by Crippen LogP contribution is 2.57. The van der Waals surface area contributed by atoms with E-state index in [1.165, 1.54) is 19.3 Å². The van der Waals surface area contributed by atoms with Crippen molar-refractivity contribution in [2.75, 3.05) is 6.61 Å². The molecule has 1 atom stereocenters. The largest absolute Gasteiger partial charge is 0.516 e. The summed E-state index contributed by atoms with van der Waals surface area (Å²) in [5, 5.41) is 0. The van der Waals surface area contributed by atoms with Gasteiger partial charge in [0, 0.05) is 6.12 Å². The number of hydrogen-bond acceptors (Lipinski definition) is 4. The molecule has 0 spiro atoms. The molecule has 0 N–H and O–H groups in total. The minimum absolute atomic E-state index is 0.110. The molecule has 0 aliphatic rings. The molecule has 2 nitrogen and oxygen atoms in total. The molecule has 17 heavy (non-hydrogen) atoms. The van der Waals surface area contributed by atoms with E-state index in [0.29, 0.717) is 6.61 Å². The van der Waals surface area contributed by atoms with Crippen LogP contribution in [0.5, 0.6) is 0 Å². The summed E-state index contributed by atoms with van der Waals surface area (Å²) < 4.78 is 11.1. The van der Waals surface area contributed by atoms with Crippen LogP contribution in [0.15, 0.2) is 0 Å². The smallest absolute Gasteiger partial charge is 0.0968 e. The van der Waals surface area contributed by atoms with E-state index in [1.807, 2.05) is 6.92 Å². The van der Waals surface area contributed by atoms with Crippen LogP contribution in [0.25, 0.3) is 0 Å². The summed E-state index contributed by atoms with van der Waals surface area (Å²) in [6.45, 7) is 9.19. The zero-order chi connectivity index (χ0) is 13.3. The van der Waals surface area contributed by atoms with E-state index in [-0.39, 0.29) is 6.10 Å². The standard InChI is InChI=1S/C12H27O2PS2/c1-5-12(4)14-15(16,17)13-10-8-6-7-9-11(2)3/h11-12H,5-10H2,1-4H3,(H,16,17)/p-1. The molecular weight excluding hydrogens is 271 g/mol. The maximum absolute atomic E-state index is 5.55. The Morgan fingerprint density at radius 1 is 1.06 bits per heavy atom. The Morgan fingerprint density at radius 3 is 2.24 bits per heavy atom. The first kappa shape index (κ1) is 18.0. The van der Waals surface area contributed by atoms with Crippen molar-refractivity contribution in [3.8, 4) is 0 Å². The molecular formula is C12H26O2PS2-. The number of rotatable bonds is 10. The maximum Gasteiger partial charge on any atom is 0.0968 e. The summed E-state index contributed by atoms with van der Waals surface area (Å²) in [5.41, 5.74) is 0. The SMILES string of the molecule is CCC(C)O[P+]([S-])([S-])OCCCCCC(C)C. The molecule has 0 aliphatic heterocycles. The second-order valence-corrected chi connectivity index (χ2v) is 9.79. The molecule has 5 heteroatoms. The van der Waals surface area contributed by atoms with Crippen LogP contribution in [0.3, 0.4) is 0 Å². The third-order valence-corrected chi connectivity index (χ3v) is 4.82. The topological polar surface area (TPSA) is 18.5 Å². The summed E-state index contributed by atoms with van der Waals surface area (Å²) in [7, 11) is 0. The van der Waals surface area contributed by atoms with Crippen molar-refractivity contribution in [1.82, 2.24) is 0 Å². The van der Waals surface area contributed by atoms with Gasteiger partial charge in [0.05, 0.1) is 12.7 Å². The maximum atomic E-state index is 5.55. The average molecular weight is 297 g/mol. The second-order valence-electron chi connectivity index (χ2n) is 4.85. The van der Waals surface area contributed by atoms with Crippen molar-refractivity contribution in [2.24, 2.45) is 5.92 Å². The molecule has 0 heterocycles. The Labute approximate surface area is 118 Å². The van der Waals surface area contributed by atoms with E-state index in [4.69, 9.17) is 33.5 Å². The highest BCUT2D eigenvalue weighted by Gasteiger charge is 2.14. The van der Waals surface area contributed by atoms with Gasteiger partial charge in [-0.15, -0.1) is 0 Å². The molecule has 0 radical (unpaired) electrons. The predicted octanol–water partition coefficient (Wildman–Crippen LogP) is 4.81. The Balaban J connectivity index is 3.52. The summed E-state index contributed by atoms with van der Waals surface area (Å²) in [6.07, 6.45) is 3.38. The first-order chi connectivity index (χ1) is 7.87. The molecule has 0 aromatic rings. The van der Waals surface area contributed by atoms with Crippen LogP contribution in [0.1, 0.15) is 59.8 Å². The van der Waals surface area contributed by atoms with Crippen LogP contribution >= 0.6 is 6.12 Å². The highest BCUT2D eigenvalue weighted by molar-refractivity contribution is 8.70. The Kier molecular flexibility index (Phi) is 10.5. The van der Waals surface area contributed by atoms with Crippen LogP contribution in [0.4, 0.5) is 0 Å². The van der Waals surface area contributed by atoms with Crippen LogP contribution < -0.4 is 0 Å². The van der Waals surface area contributed by atoms with Gasteiger partial charge in [-0.3, -0.25) is 4.52 Å². The van der Waals surface area contributed by atoms with Gasteiger partial charge in [-0.05, 0) is 25.7 Å². The summed E-state index contributed by atoms with van der Waals surface area (Å²) in [4.78, 5) is 0. The van der Waals surface area contributed by atoms with E-state index in [0.717, 1.165) is 18.8 Å². The molecule has 0 saturated carbocycles. The lowest BCUT2D eigenvalue weighted by atomic mass is 10.1. The summed E-state index contributed by atoms with van der Waals surface area (Å²) in [6, 6.07) is 0. The summed E-state index contributed by atoms with van der Waals surface area (Å²) >= 11 is 10.4. The van der Waals surface area contributed by atoms with E-state index in [9.17, 15) is 0 Å². The lowest BCUT2D eigenvalue weighted by molar-refractivity contribution is 0.193. The first-order valence-corrected chi connectivity index (χ1v) is 10.2. The molecule has 0 aromatic heterocycles.